The van der Waals surface area contributed by atoms with Crippen LogP contribution >= 0.6 is 0 Å². The van der Waals surface area contributed by atoms with Crippen molar-refractivity contribution in [2.24, 2.45) is 0 Å². The molecule has 1 amide bonds. The normalized spacial score (nSPS) is 9.96. The van der Waals surface area contributed by atoms with Crippen molar-refractivity contribution in [3.8, 4) is 18.1 Å². The minimum absolute atomic E-state index is 0.201. The maximum absolute atomic E-state index is 11.6. The summed E-state index contributed by atoms with van der Waals surface area (Å²) in [6, 6.07) is 12.9. The van der Waals surface area contributed by atoms with Crippen molar-refractivity contribution in [1.82, 2.24) is 9.97 Å². The Balaban J connectivity index is 1.94. The number of para-hydroxylation sites is 1. The monoisotopic (exact) mass is 344 g/mol. The molecule has 6 heteroatoms. The van der Waals surface area contributed by atoms with Gasteiger partial charge in [-0.3, -0.25) is 4.79 Å². The lowest BCUT2D eigenvalue weighted by Crippen LogP contribution is -2.08. The van der Waals surface area contributed by atoms with Gasteiger partial charge in [0.1, 0.15) is 24.5 Å². The average Bonchev–Trinajstić information content (AvgIpc) is 2.67. The molecule has 0 radical (unpaired) electrons. The van der Waals surface area contributed by atoms with Crippen molar-refractivity contribution < 1.29 is 9.53 Å². The minimum atomic E-state index is -0.302. The second-order valence-corrected chi connectivity index (χ2v) is 5.26. The molecule has 26 heavy (non-hydrogen) atoms. The van der Waals surface area contributed by atoms with Crippen molar-refractivity contribution in [3.05, 3.63) is 61.4 Å². The van der Waals surface area contributed by atoms with Crippen LogP contribution in [0.5, 0.6) is 5.75 Å². The zero-order valence-electron chi connectivity index (χ0n) is 13.9. The molecule has 0 spiro atoms. The van der Waals surface area contributed by atoms with Gasteiger partial charge in [-0.25, -0.2) is 9.97 Å². The zero-order chi connectivity index (χ0) is 18.4. The maximum atomic E-state index is 11.6. The fourth-order valence-electron chi connectivity index (χ4n) is 2.40. The van der Waals surface area contributed by atoms with Gasteiger partial charge >= 0.3 is 0 Å². The molecule has 0 aliphatic heterocycles. The van der Waals surface area contributed by atoms with Gasteiger partial charge in [0.15, 0.2) is 0 Å². The highest BCUT2D eigenvalue weighted by molar-refractivity contribution is 6.06. The first-order chi connectivity index (χ1) is 12.7. The Morgan fingerprint density at radius 3 is 2.92 bits per heavy atom. The van der Waals surface area contributed by atoms with E-state index in [1.165, 1.54) is 12.4 Å². The third-order valence-electron chi connectivity index (χ3n) is 3.53. The number of fused-ring (bicyclic) bond motifs is 1. The number of anilines is 3. The zero-order valence-corrected chi connectivity index (χ0v) is 13.9. The van der Waals surface area contributed by atoms with Crippen LogP contribution in [0.3, 0.4) is 0 Å². The van der Waals surface area contributed by atoms with Gasteiger partial charge in [-0.05, 0) is 30.3 Å². The molecule has 1 aromatic heterocycles. The third-order valence-corrected chi connectivity index (χ3v) is 3.53. The van der Waals surface area contributed by atoms with E-state index in [-0.39, 0.29) is 12.5 Å². The van der Waals surface area contributed by atoms with Crippen molar-refractivity contribution in [3.63, 3.8) is 0 Å². The lowest BCUT2D eigenvalue weighted by atomic mass is 10.2. The predicted molar refractivity (Wildman–Crippen MR) is 102 cm³/mol. The number of hydrogen-bond acceptors (Lipinski definition) is 5. The van der Waals surface area contributed by atoms with Gasteiger partial charge in [-0.2, -0.15) is 0 Å². The summed E-state index contributed by atoms with van der Waals surface area (Å²) < 4.78 is 5.43. The number of benzene rings is 2. The summed E-state index contributed by atoms with van der Waals surface area (Å²) in [5, 5.41) is 6.75. The molecule has 0 fully saturated rings. The maximum Gasteiger partial charge on any atom is 0.247 e. The van der Waals surface area contributed by atoms with Crippen molar-refractivity contribution in [2.45, 2.75) is 0 Å². The number of rotatable bonds is 6. The van der Waals surface area contributed by atoms with Crippen LogP contribution in [-0.2, 0) is 4.79 Å². The highest BCUT2D eigenvalue weighted by Gasteiger charge is 2.09. The summed E-state index contributed by atoms with van der Waals surface area (Å²) in [5.74, 6) is 3.40. The van der Waals surface area contributed by atoms with Gasteiger partial charge < -0.3 is 15.4 Å². The van der Waals surface area contributed by atoms with Crippen molar-refractivity contribution >= 4 is 34.0 Å². The number of nitrogens with one attached hydrogen (secondary N) is 2. The first-order valence-electron chi connectivity index (χ1n) is 7.82. The van der Waals surface area contributed by atoms with Crippen LogP contribution < -0.4 is 15.4 Å². The van der Waals surface area contributed by atoms with Crippen LogP contribution in [0.4, 0.5) is 17.2 Å². The van der Waals surface area contributed by atoms with Gasteiger partial charge in [-0.1, -0.05) is 24.6 Å². The van der Waals surface area contributed by atoms with Gasteiger partial charge in [-0.15, -0.1) is 6.42 Å². The Bertz CT molecular complexity index is 1010. The molecule has 0 bridgehead atoms. The topological polar surface area (TPSA) is 76.1 Å². The molecule has 2 N–H and O–H groups in total. The largest absolute Gasteiger partial charge is 0.481 e. The number of aromatic nitrogens is 2. The van der Waals surface area contributed by atoms with E-state index in [1.54, 1.807) is 6.07 Å². The Morgan fingerprint density at radius 2 is 2.12 bits per heavy atom. The highest BCUT2D eigenvalue weighted by Crippen LogP contribution is 2.28. The van der Waals surface area contributed by atoms with E-state index < -0.39 is 0 Å². The summed E-state index contributed by atoms with van der Waals surface area (Å²) in [6.45, 7) is 3.66. The molecular weight excluding hydrogens is 328 g/mol. The predicted octanol–water partition coefficient (Wildman–Crippen LogP) is 3.51. The van der Waals surface area contributed by atoms with Crippen LogP contribution in [0.2, 0.25) is 0 Å². The molecule has 0 aliphatic carbocycles. The molecule has 6 nitrogen and oxygen atoms in total. The Hall–Kier alpha value is -3.85. The van der Waals surface area contributed by atoms with E-state index in [9.17, 15) is 4.79 Å². The van der Waals surface area contributed by atoms with Gasteiger partial charge in [0.05, 0.1) is 11.2 Å². The van der Waals surface area contributed by atoms with Gasteiger partial charge in [0.25, 0.3) is 0 Å². The molecule has 0 atom stereocenters. The number of carbonyl (C=O) groups is 1. The van der Waals surface area contributed by atoms with Crippen LogP contribution in [0.1, 0.15) is 0 Å². The molecule has 1 heterocycles. The lowest BCUT2D eigenvalue weighted by molar-refractivity contribution is -0.111. The second kappa shape index (κ2) is 7.81. The molecule has 0 saturated heterocycles. The molecule has 128 valence electrons. The summed E-state index contributed by atoms with van der Waals surface area (Å²) >= 11 is 0. The molecule has 2 aromatic carbocycles. The molecule has 0 aliphatic rings. The first kappa shape index (κ1) is 17.0. The molecule has 0 unspecified atom stereocenters. The van der Waals surface area contributed by atoms with E-state index in [2.05, 4.69) is 33.1 Å². The van der Waals surface area contributed by atoms with E-state index >= 15 is 0 Å². The summed E-state index contributed by atoms with van der Waals surface area (Å²) in [6.07, 6.45) is 7.86. The SMILES string of the molecule is C#CCOc1cccc(Nc2ncnc3c(NC(=O)C=C)cccc23)c1. The number of nitrogens with zero attached hydrogens (tertiary/aromatic N) is 2. The van der Waals surface area contributed by atoms with E-state index in [0.29, 0.717) is 22.8 Å². The number of amides is 1. The fourth-order valence-corrected chi connectivity index (χ4v) is 2.40. The summed E-state index contributed by atoms with van der Waals surface area (Å²) in [7, 11) is 0. The Labute approximate surface area is 150 Å². The summed E-state index contributed by atoms with van der Waals surface area (Å²) in [5.41, 5.74) is 2.00. The van der Waals surface area contributed by atoms with Crippen LogP contribution in [-0.4, -0.2) is 22.5 Å². The average molecular weight is 344 g/mol. The standard InChI is InChI=1S/C20H16N4O2/c1-3-11-26-15-8-5-7-14(12-15)23-20-16-9-6-10-17(24-18(25)4-2)19(16)21-13-22-20/h1,4-10,12-13H,2,11H2,(H,24,25)(H,21,22,23). The van der Waals surface area contributed by atoms with Crippen molar-refractivity contribution in [2.75, 3.05) is 17.2 Å². The lowest BCUT2D eigenvalue weighted by Gasteiger charge is -2.12. The highest BCUT2D eigenvalue weighted by atomic mass is 16.5. The van der Waals surface area contributed by atoms with Crippen LogP contribution in [0, 0.1) is 12.3 Å². The fraction of sp³-hybridized carbons (Fsp3) is 0.0500. The number of carbonyl (C=O) groups excluding carboxylic acids is 1. The molecule has 3 rings (SSSR count). The van der Waals surface area contributed by atoms with Crippen molar-refractivity contribution in [1.29, 1.82) is 0 Å². The number of hydrogen-bond donors (Lipinski definition) is 2. The summed E-state index contributed by atoms with van der Waals surface area (Å²) in [4.78, 5) is 20.2. The third kappa shape index (κ3) is 3.79. The molecule has 0 saturated carbocycles. The van der Waals surface area contributed by atoms with Gasteiger partial charge in [0, 0.05) is 17.1 Å². The van der Waals surface area contributed by atoms with Gasteiger partial charge in [0.2, 0.25) is 5.91 Å². The smallest absolute Gasteiger partial charge is 0.247 e. The van der Waals surface area contributed by atoms with E-state index in [0.717, 1.165) is 11.1 Å². The molecular formula is C20H16N4O2. The Kier molecular flexibility index (Phi) is 5.11. The Morgan fingerprint density at radius 1 is 1.27 bits per heavy atom. The van der Waals surface area contributed by atoms with E-state index in [4.69, 9.17) is 11.2 Å². The number of ether oxygens (including phenoxy) is 1. The van der Waals surface area contributed by atoms with E-state index in [1.807, 2.05) is 36.4 Å². The van der Waals surface area contributed by atoms with Crippen LogP contribution in [0.15, 0.2) is 61.4 Å². The quantitative estimate of drug-likeness (QED) is 0.529. The minimum Gasteiger partial charge on any atom is -0.481 e. The number of terminal acetylenes is 1. The molecule has 3 aromatic rings. The van der Waals surface area contributed by atoms with Crippen LogP contribution in [0.25, 0.3) is 10.9 Å². The first-order valence-corrected chi connectivity index (χ1v) is 7.82. The second-order valence-electron chi connectivity index (χ2n) is 5.26.